The third-order valence-electron chi connectivity index (χ3n) is 3.61. The summed E-state index contributed by atoms with van der Waals surface area (Å²) in [5.41, 5.74) is 1.32. The highest BCUT2D eigenvalue weighted by atomic mass is 35.5. The molecule has 23 heavy (non-hydrogen) atoms. The van der Waals surface area contributed by atoms with Crippen molar-refractivity contribution in [3.8, 4) is 0 Å². The summed E-state index contributed by atoms with van der Waals surface area (Å²) in [5, 5.41) is 3.39. The van der Waals surface area contributed by atoms with Crippen molar-refractivity contribution >= 4 is 35.2 Å². The first-order chi connectivity index (χ1) is 10.9. The molecule has 1 aromatic rings. The van der Waals surface area contributed by atoms with E-state index in [4.69, 9.17) is 27.9 Å². The fourth-order valence-electron chi connectivity index (χ4n) is 2.48. The quantitative estimate of drug-likeness (QED) is 0.662. The number of allylic oxidation sites excluding steroid dienone is 1. The molecule has 1 heterocycles. The second-order valence-corrected chi connectivity index (χ2v) is 5.70. The highest BCUT2D eigenvalue weighted by Gasteiger charge is 2.36. The van der Waals surface area contributed by atoms with Gasteiger partial charge in [0.1, 0.15) is 0 Å². The Bertz CT molecular complexity index is 701. The summed E-state index contributed by atoms with van der Waals surface area (Å²) in [6.07, 6.45) is 1.57. The van der Waals surface area contributed by atoms with Gasteiger partial charge in [-0.25, -0.2) is 9.59 Å². The normalized spacial score (nSPS) is 17.8. The average molecular weight is 355 g/mol. The van der Waals surface area contributed by atoms with E-state index >= 15 is 0 Å². The highest BCUT2D eigenvalue weighted by Crippen LogP contribution is 2.37. The number of hydrogen-bond acceptors (Lipinski definition) is 3. The number of esters is 1. The molecule has 122 valence electrons. The van der Waals surface area contributed by atoms with E-state index in [-0.39, 0.29) is 17.6 Å². The molecule has 1 N–H and O–H groups in total. The van der Waals surface area contributed by atoms with Gasteiger partial charge in [0.2, 0.25) is 0 Å². The monoisotopic (exact) mass is 354 g/mol. The van der Waals surface area contributed by atoms with Crippen LogP contribution in [-0.2, 0) is 9.53 Å². The van der Waals surface area contributed by atoms with Crippen LogP contribution in [0.2, 0.25) is 10.0 Å². The lowest BCUT2D eigenvalue weighted by Gasteiger charge is -2.35. The molecule has 2 amide bonds. The molecule has 0 saturated carbocycles. The molecule has 0 fully saturated rings. The third-order valence-corrected chi connectivity index (χ3v) is 4.44. The minimum Gasteiger partial charge on any atom is -0.466 e. The Labute approximate surface area is 144 Å². The molecule has 1 aliphatic heterocycles. The number of halogens is 2. The molecule has 2 rings (SSSR count). The molecule has 5 nitrogen and oxygen atoms in total. The van der Waals surface area contributed by atoms with Gasteiger partial charge in [-0.15, -0.1) is 6.58 Å². The lowest BCUT2D eigenvalue weighted by atomic mass is 9.95. The van der Waals surface area contributed by atoms with Crippen LogP contribution in [-0.4, -0.2) is 30.6 Å². The van der Waals surface area contributed by atoms with Gasteiger partial charge in [0, 0.05) is 12.2 Å². The maximum Gasteiger partial charge on any atom is 0.337 e. The average Bonchev–Trinajstić information content (AvgIpc) is 2.53. The smallest absolute Gasteiger partial charge is 0.337 e. The molecular weight excluding hydrogens is 339 g/mol. The standard InChI is InChI=1S/C16H16Cl2N2O3/c1-4-8-20-9(2)12(15(21)23-3)14(19-16(20)22)10-6-5-7-11(17)13(10)18/h4-7,14H,1,8H2,2-3H3,(H,19,22)/t14-/m1/s1. The number of amides is 2. The molecule has 1 aromatic carbocycles. The van der Waals surface area contributed by atoms with E-state index in [2.05, 4.69) is 11.9 Å². The second kappa shape index (κ2) is 7.06. The van der Waals surface area contributed by atoms with E-state index in [1.807, 2.05) is 0 Å². The largest absolute Gasteiger partial charge is 0.466 e. The van der Waals surface area contributed by atoms with Crippen LogP contribution in [0.5, 0.6) is 0 Å². The van der Waals surface area contributed by atoms with Gasteiger partial charge in [-0.2, -0.15) is 0 Å². The highest BCUT2D eigenvalue weighted by molar-refractivity contribution is 6.42. The Kier molecular flexibility index (Phi) is 5.34. The Balaban J connectivity index is 2.62. The van der Waals surface area contributed by atoms with Crippen LogP contribution >= 0.6 is 23.2 Å². The van der Waals surface area contributed by atoms with E-state index in [1.54, 1.807) is 31.2 Å². The van der Waals surface area contributed by atoms with Crippen molar-refractivity contribution in [1.82, 2.24) is 10.2 Å². The minimum atomic E-state index is -0.734. The Morgan fingerprint density at radius 2 is 2.17 bits per heavy atom. The van der Waals surface area contributed by atoms with Gasteiger partial charge in [-0.05, 0) is 18.6 Å². The number of rotatable bonds is 4. The van der Waals surface area contributed by atoms with Crippen molar-refractivity contribution in [3.63, 3.8) is 0 Å². The van der Waals surface area contributed by atoms with Crippen LogP contribution in [0.1, 0.15) is 18.5 Å². The van der Waals surface area contributed by atoms with Gasteiger partial charge in [0.15, 0.2) is 0 Å². The summed E-state index contributed by atoms with van der Waals surface area (Å²) in [5.74, 6) is -0.544. The van der Waals surface area contributed by atoms with Crippen LogP contribution in [0.3, 0.4) is 0 Å². The topological polar surface area (TPSA) is 58.6 Å². The number of carbonyl (C=O) groups is 2. The SMILES string of the molecule is C=CCN1C(=O)N[C@H](c2cccc(Cl)c2Cl)C(C(=O)OC)=C1C. The van der Waals surface area contributed by atoms with Crippen molar-refractivity contribution in [2.24, 2.45) is 0 Å². The van der Waals surface area contributed by atoms with E-state index in [0.29, 0.717) is 21.9 Å². The number of nitrogens with one attached hydrogen (secondary N) is 1. The molecular formula is C16H16Cl2N2O3. The molecule has 0 bridgehead atoms. The van der Waals surface area contributed by atoms with Crippen molar-refractivity contribution < 1.29 is 14.3 Å². The predicted molar refractivity (Wildman–Crippen MR) is 89.4 cm³/mol. The Morgan fingerprint density at radius 3 is 2.78 bits per heavy atom. The molecule has 0 radical (unpaired) electrons. The van der Waals surface area contributed by atoms with Crippen LogP contribution in [0.15, 0.2) is 42.1 Å². The Hall–Kier alpha value is -1.98. The van der Waals surface area contributed by atoms with E-state index in [9.17, 15) is 9.59 Å². The first-order valence-corrected chi connectivity index (χ1v) is 7.59. The lowest BCUT2D eigenvalue weighted by molar-refractivity contribution is -0.136. The molecule has 7 heteroatoms. The number of methoxy groups -OCH3 is 1. The maximum absolute atomic E-state index is 12.3. The summed E-state index contributed by atoms with van der Waals surface area (Å²) < 4.78 is 4.87. The first kappa shape index (κ1) is 17.4. The van der Waals surface area contributed by atoms with Crippen LogP contribution in [0, 0.1) is 0 Å². The fraction of sp³-hybridized carbons (Fsp3) is 0.250. The first-order valence-electron chi connectivity index (χ1n) is 6.84. The molecule has 0 saturated heterocycles. The lowest BCUT2D eigenvalue weighted by Crippen LogP contribution is -2.48. The summed E-state index contributed by atoms with van der Waals surface area (Å²) in [7, 11) is 1.29. The van der Waals surface area contributed by atoms with Crippen molar-refractivity contribution in [1.29, 1.82) is 0 Å². The van der Waals surface area contributed by atoms with Gasteiger partial charge in [-0.3, -0.25) is 4.90 Å². The van der Waals surface area contributed by atoms with Gasteiger partial charge in [0.25, 0.3) is 0 Å². The van der Waals surface area contributed by atoms with Crippen LogP contribution < -0.4 is 5.32 Å². The zero-order valence-corrected chi connectivity index (χ0v) is 14.2. The van der Waals surface area contributed by atoms with Gasteiger partial charge in [-0.1, -0.05) is 41.4 Å². The number of hydrogen-bond donors (Lipinski definition) is 1. The minimum absolute atomic E-state index is 0.272. The summed E-state index contributed by atoms with van der Waals surface area (Å²) in [6, 6.07) is 3.96. The summed E-state index contributed by atoms with van der Waals surface area (Å²) in [4.78, 5) is 26.0. The van der Waals surface area contributed by atoms with Crippen LogP contribution in [0.25, 0.3) is 0 Å². The molecule has 1 aliphatic rings. The van der Waals surface area contributed by atoms with E-state index in [0.717, 1.165) is 0 Å². The molecule has 0 aromatic heterocycles. The maximum atomic E-state index is 12.3. The predicted octanol–water partition coefficient (Wildman–Crippen LogP) is 3.69. The van der Waals surface area contributed by atoms with Crippen LogP contribution in [0.4, 0.5) is 4.79 Å². The fourth-order valence-corrected chi connectivity index (χ4v) is 2.90. The summed E-state index contributed by atoms with van der Waals surface area (Å²) >= 11 is 12.3. The number of nitrogens with zero attached hydrogens (tertiary/aromatic N) is 1. The molecule has 0 aliphatic carbocycles. The molecule has 1 atom stereocenters. The summed E-state index contributed by atoms with van der Waals surface area (Å²) in [6.45, 7) is 5.57. The van der Waals surface area contributed by atoms with E-state index < -0.39 is 12.0 Å². The zero-order valence-electron chi connectivity index (χ0n) is 12.7. The number of carbonyl (C=O) groups excluding carboxylic acids is 2. The zero-order chi connectivity index (χ0) is 17.1. The van der Waals surface area contributed by atoms with Gasteiger partial charge in [0.05, 0.1) is 28.8 Å². The number of ether oxygens (including phenoxy) is 1. The van der Waals surface area contributed by atoms with Gasteiger partial charge < -0.3 is 10.1 Å². The Morgan fingerprint density at radius 1 is 1.48 bits per heavy atom. The van der Waals surface area contributed by atoms with Crippen molar-refractivity contribution in [3.05, 3.63) is 57.7 Å². The number of urea groups is 1. The number of benzene rings is 1. The second-order valence-electron chi connectivity index (χ2n) is 4.92. The third kappa shape index (κ3) is 3.21. The van der Waals surface area contributed by atoms with Gasteiger partial charge >= 0.3 is 12.0 Å². The van der Waals surface area contributed by atoms with Crippen molar-refractivity contribution in [2.45, 2.75) is 13.0 Å². The molecule has 0 unspecified atom stereocenters. The van der Waals surface area contributed by atoms with E-state index in [1.165, 1.54) is 12.0 Å². The van der Waals surface area contributed by atoms with Crippen molar-refractivity contribution in [2.75, 3.05) is 13.7 Å². The molecule has 0 spiro atoms.